The van der Waals surface area contributed by atoms with Crippen LogP contribution in [-0.2, 0) is 14.3 Å². The third kappa shape index (κ3) is 55.2. The van der Waals surface area contributed by atoms with E-state index in [2.05, 4.69) is 43.5 Å². The van der Waals surface area contributed by atoms with Gasteiger partial charge in [0.1, 0.15) is 0 Å². The van der Waals surface area contributed by atoms with E-state index in [9.17, 15) is 19.8 Å². The van der Waals surface area contributed by atoms with Crippen molar-refractivity contribution < 1.29 is 24.5 Å². The summed E-state index contributed by atoms with van der Waals surface area (Å²) in [6, 6.07) is -0.625. The third-order valence-electron chi connectivity index (χ3n) is 14.1. The molecule has 0 aromatic carbocycles. The second kappa shape index (κ2) is 58.6. The number of unbranched alkanes of at least 4 members (excludes halogenated alkanes) is 42. The number of aliphatic hydroxyl groups is 2. The first-order valence-electron chi connectivity index (χ1n) is 30.8. The van der Waals surface area contributed by atoms with Gasteiger partial charge < -0.3 is 20.3 Å². The van der Waals surface area contributed by atoms with Gasteiger partial charge in [-0.3, -0.25) is 9.59 Å². The van der Waals surface area contributed by atoms with E-state index in [4.69, 9.17) is 4.74 Å². The van der Waals surface area contributed by atoms with Crippen LogP contribution in [0.1, 0.15) is 328 Å². The molecule has 406 valence electrons. The van der Waals surface area contributed by atoms with Crippen LogP contribution in [0.5, 0.6) is 0 Å². The molecule has 0 radical (unpaired) electrons. The van der Waals surface area contributed by atoms with E-state index in [1.54, 1.807) is 6.08 Å². The maximum Gasteiger partial charge on any atom is 0.305 e. The maximum absolute atomic E-state index is 12.4. The number of carbonyl (C=O) groups is 2. The van der Waals surface area contributed by atoms with Crippen LogP contribution in [-0.4, -0.2) is 47.4 Å². The predicted octanol–water partition coefficient (Wildman–Crippen LogP) is 19.2. The van der Waals surface area contributed by atoms with Crippen molar-refractivity contribution in [2.45, 2.75) is 341 Å². The van der Waals surface area contributed by atoms with E-state index in [-0.39, 0.29) is 18.5 Å². The quantitative estimate of drug-likeness (QED) is 0.0321. The monoisotopic (exact) mass is 970 g/mol. The molecular weight excluding hydrogens is 851 g/mol. The van der Waals surface area contributed by atoms with E-state index in [0.717, 1.165) is 44.9 Å². The van der Waals surface area contributed by atoms with Gasteiger partial charge in [-0.25, -0.2) is 0 Å². The number of nitrogens with one attached hydrogen (secondary N) is 1. The van der Waals surface area contributed by atoms with E-state index >= 15 is 0 Å². The molecule has 0 aliphatic heterocycles. The zero-order chi connectivity index (χ0) is 50.0. The zero-order valence-corrected chi connectivity index (χ0v) is 46.3. The average molecular weight is 971 g/mol. The first-order chi connectivity index (χ1) is 34.0. The van der Waals surface area contributed by atoms with Gasteiger partial charge in [-0.2, -0.15) is 0 Å². The molecular formula is C63H119NO5. The van der Waals surface area contributed by atoms with Gasteiger partial charge in [-0.1, -0.05) is 269 Å². The summed E-state index contributed by atoms with van der Waals surface area (Å²) >= 11 is 0. The normalized spacial score (nSPS) is 12.8. The van der Waals surface area contributed by atoms with Gasteiger partial charge in [0.15, 0.2) is 0 Å². The van der Waals surface area contributed by atoms with Gasteiger partial charge >= 0.3 is 5.97 Å². The molecule has 0 heterocycles. The summed E-state index contributed by atoms with van der Waals surface area (Å²) in [5.41, 5.74) is 0. The predicted molar refractivity (Wildman–Crippen MR) is 301 cm³/mol. The van der Waals surface area contributed by atoms with E-state index < -0.39 is 12.1 Å². The van der Waals surface area contributed by atoms with Gasteiger partial charge in [0, 0.05) is 12.8 Å². The average Bonchev–Trinajstić information content (AvgIpc) is 3.35. The number of carbonyl (C=O) groups excluding carboxylic acids is 2. The Hall–Kier alpha value is -1.92. The van der Waals surface area contributed by atoms with Crippen molar-refractivity contribution in [1.29, 1.82) is 0 Å². The molecule has 0 spiro atoms. The molecule has 0 aliphatic rings. The fraction of sp³-hybridized carbons (Fsp3) is 0.873. The van der Waals surface area contributed by atoms with Crippen molar-refractivity contribution in [3.63, 3.8) is 0 Å². The van der Waals surface area contributed by atoms with Crippen molar-refractivity contribution in [3.05, 3.63) is 36.5 Å². The minimum absolute atomic E-state index is 0.00734. The highest BCUT2D eigenvalue weighted by Crippen LogP contribution is 2.17. The number of hydrogen-bond donors (Lipinski definition) is 3. The largest absolute Gasteiger partial charge is 0.466 e. The van der Waals surface area contributed by atoms with Crippen LogP contribution in [0.15, 0.2) is 36.5 Å². The molecule has 0 saturated heterocycles. The number of esters is 1. The number of aliphatic hydroxyl groups excluding tert-OH is 2. The summed E-state index contributed by atoms with van der Waals surface area (Å²) < 4.78 is 5.48. The van der Waals surface area contributed by atoms with Gasteiger partial charge in [0.2, 0.25) is 5.91 Å². The van der Waals surface area contributed by atoms with Crippen molar-refractivity contribution in [3.8, 4) is 0 Å². The molecule has 6 heteroatoms. The van der Waals surface area contributed by atoms with Crippen molar-refractivity contribution in [2.24, 2.45) is 0 Å². The molecule has 0 fully saturated rings. The number of rotatable bonds is 57. The Morgan fingerprint density at radius 2 is 0.681 bits per heavy atom. The van der Waals surface area contributed by atoms with Crippen molar-refractivity contribution in [2.75, 3.05) is 13.2 Å². The van der Waals surface area contributed by atoms with Gasteiger partial charge in [-0.05, 0) is 83.5 Å². The fourth-order valence-electron chi connectivity index (χ4n) is 9.39. The highest BCUT2D eigenvalue weighted by molar-refractivity contribution is 5.76. The molecule has 0 aliphatic carbocycles. The molecule has 69 heavy (non-hydrogen) atoms. The standard InChI is InChI=1S/C63H119NO5/c1-3-5-7-9-11-13-14-15-34-37-41-45-49-53-57-63(68)69-58-54-50-46-42-38-35-32-30-28-26-24-22-20-18-16-17-19-21-23-25-27-29-31-33-36-40-44-48-52-56-62(67)64-60(59-65)61(66)55-51-47-43-39-12-10-8-6-4-2/h14-16,18,51,55,60-61,65-66H,3-13,17,19-50,52-54,56-59H2,1-2H3,(H,64,67)/b15-14-,18-16-,55-51+. The molecule has 0 saturated carbocycles. The van der Waals surface area contributed by atoms with Crippen LogP contribution in [0.2, 0.25) is 0 Å². The van der Waals surface area contributed by atoms with Crippen LogP contribution >= 0.6 is 0 Å². The molecule has 6 nitrogen and oxygen atoms in total. The van der Waals surface area contributed by atoms with Crippen LogP contribution in [0.25, 0.3) is 0 Å². The Kier molecular flexibility index (Phi) is 57.0. The van der Waals surface area contributed by atoms with Crippen molar-refractivity contribution in [1.82, 2.24) is 5.32 Å². The molecule has 2 atom stereocenters. The summed E-state index contributed by atoms with van der Waals surface area (Å²) in [6.07, 6.45) is 73.5. The Balaban J connectivity index is 3.36. The Labute approximate surface area is 430 Å². The third-order valence-corrected chi connectivity index (χ3v) is 14.1. The first-order valence-corrected chi connectivity index (χ1v) is 30.8. The van der Waals surface area contributed by atoms with Crippen LogP contribution < -0.4 is 5.32 Å². The molecule has 0 aromatic rings. The molecule has 1 amide bonds. The first kappa shape index (κ1) is 67.1. The number of amides is 1. The lowest BCUT2D eigenvalue weighted by molar-refractivity contribution is -0.143. The number of hydrogen-bond acceptors (Lipinski definition) is 5. The molecule has 2 unspecified atom stereocenters. The Morgan fingerprint density at radius 1 is 0.391 bits per heavy atom. The minimum Gasteiger partial charge on any atom is -0.466 e. The maximum atomic E-state index is 12.4. The topological polar surface area (TPSA) is 95.9 Å². The van der Waals surface area contributed by atoms with Crippen LogP contribution in [0.3, 0.4) is 0 Å². The van der Waals surface area contributed by atoms with Gasteiger partial charge in [0.25, 0.3) is 0 Å². The lowest BCUT2D eigenvalue weighted by Gasteiger charge is -2.20. The number of ether oxygens (including phenoxy) is 1. The number of allylic oxidation sites excluding steroid dienone is 5. The Bertz CT molecular complexity index is 1120. The summed E-state index contributed by atoms with van der Waals surface area (Å²) in [6.45, 7) is 4.87. The zero-order valence-electron chi connectivity index (χ0n) is 46.3. The Morgan fingerprint density at radius 3 is 1.03 bits per heavy atom. The highest BCUT2D eigenvalue weighted by atomic mass is 16.5. The summed E-state index contributed by atoms with van der Waals surface area (Å²) in [5, 5.41) is 22.9. The van der Waals surface area contributed by atoms with Crippen LogP contribution in [0.4, 0.5) is 0 Å². The van der Waals surface area contributed by atoms with E-state index in [0.29, 0.717) is 19.4 Å². The van der Waals surface area contributed by atoms with Gasteiger partial charge in [0.05, 0.1) is 25.4 Å². The summed E-state index contributed by atoms with van der Waals surface area (Å²) in [7, 11) is 0. The summed E-state index contributed by atoms with van der Waals surface area (Å²) in [5.74, 6) is -0.0622. The lowest BCUT2D eigenvalue weighted by Crippen LogP contribution is -2.45. The van der Waals surface area contributed by atoms with Crippen molar-refractivity contribution >= 4 is 11.9 Å². The smallest absolute Gasteiger partial charge is 0.305 e. The highest BCUT2D eigenvalue weighted by Gasteiger charge is 2.18. The van der Waals surface area contributed by atoms with Gasteiger partial charge in [-0.15, -0.1) is 0 Å². The summed E-state index contributed by atoms with van der Waals surface area (Å²) in [4.78, 5) is 24.4. The second-order valence-corrected chi connectivity index (χ2v) is 21.0. The van der Waals surface area contributed by atoms with E-state index in [1.165, 1.54) is 257 Å². The fourth-order valence-corrected chi connectivity index (χ4v) is 9.39. The van der Waals surface area contributed by atoms with E-state index in [1.807, 2.05) is 6.08 Å². The SMILES string of the molecule is CCCCCCC/C=C\CCCCCCCC(=O)OCCCCCCCCCCCCCC/C=C\CCCCCCCCCCCCCCCC(=O)NC(CO)C(O)/C=C/CCCCCCCCC. The molecule has 0 bridgehead atoms. The molecule has 0 aromatic heterocycles. The molecule has 0 rings (SSSR count). The minimum atomic E-state index is -0.841. The lowest BCUT2D eigenvalue weighted by atomic mass is 10.0. The molecule has 3 N–H and O–H groups in total. The second-order valence-electron chi connectivity index (χ2n) is 21.0. The van der Waals surface area contributed by atoms with Crippen LogP contribution in [0, 0.1) is 0 Å².